The van der Waals surface area contributed by atoms with E-state index in [-0.39, 0.29) is 0 Å². The van der Waals surface area contributed by atoms with E-state index in [2.05, 4.69) is 20.4 Å². The van der Waals surface area contributed by atoms with Crippen molar-refractivity contribution in [2.24, 2.45) is 11.3 Å². The summed E-state index contributed by atoms with van der Waals surface area (Å²) in [6.07, 6.45) is 4.20. The highest BCUT2D eigenvalue weighted by molar-refractivity contribution is 4.88. The summed E-state index contributed by atoms with van der Waals surface area (Å²) >= 11 is 0. The van der Waals surface area contributed by atoms with Gasteiger partial charge in [0.25, 0.3) is 0 Å². The molecule has 1 rings (SSSR count). The molecule has 0 aliphatic heterocycles. The monoisotopic (exact) mass is 140 g/mol. The summed E-state index contributed by atoms with van der Waals surface area (Å²) in [5, 5.41) is 0. The van der Waals surface area contributed by atoms with Gasteiger partial charge in [0.15, 0.2) is 0 Å². The van der Waals surface area contributed by atoms with E-state index in [0.29, 0.717) is 5.41 Å². The van der Waals surface area contributed by atoms with Crippen molar-refractivity contribution in [2.75, 3.05) is 6.61 Å². The quantitative estimate of drug-likeness (QED) is 0.547. The van der Waals surface area contributed by atoms with E-state index in [1.165, 1.54) is 19.1 Å². The van der Waals surface area contributed by atoms with Gasteiger partial charge in [0.1, 0.15) is 0 Å². The minimum absolute atomic E-state index is 0.517. The molecule has 0 aromatic carbocycles. The maximum atomic E-state index is 5.14. The van der Waals surface area contributed by atoms with E-state index in [4.69, 9.17) is 4.74 Å². The molecule has 0 amide bonds. The van der Waals surface area contributed by atoms with Crippen LogP contribution in [0.4, 0.5) is 0 Å². The van der Waals surface area contributed by atoms with Gasteiger partial charge >= 0.3 is 0 Å². The molecule has 1 saturated carbocycles. The number of rotatable bonds is 3. The lowest BCUT2D eigenvalue weighted by Crippen LogP contribution is -2.37. The minimum Gasteiger partial charge on any atom is -0.502 e. The largest absolute Gasteiger partial charge is 0.502 e. The summed E-state index contributed by atoms with van der Waals surface area (Å²) in [5.74, 6) is 0.755. The van der Waals surface area contributed by atoms with Crippen LogP contribution in [0.15, 0.2) is 12.8 Å². The van der Waals surface area contributed by atoms with Gasteiger partial charge in [0.2, 0.25) is 0 Å². The highest BCUT2D eigenvalue weighted by Crippen LogP contribution is 2.45. The van der Waals surface area contributed by atoms with Gasteiger partial charge in [0.05, 0.1) is 12.9 Å². The van der Waals surface area contributed by atoms with Gasteiger partial charge in [0, 0.05) is 0 Å². The fourth-order valence-corrected chi connectivity index (χ4v) is 1.42. The Kier molecular flexibility index (Phi) is 2.02. The average molecular weight is 140 g/mol. The number of ether oxygens (including phenoxy) is 1. The Hall–Kier alpha value is -0.460. The van der Waals surface area contributed by atoms with Crippen LogP contribution in [0.2, 0.25) is 0 Å². The molecule has 58 valence electrons. The molecule has 1 unspecified atom stereocenters. The van der Waals surface area contributed by atoms with Crippen LogP contribution in [0, 0.1) is 11.3 Å². The Bertz CT molecular complexity index is 127. The maximum Gasteiger partial charge on any atom is 0.0906 e. The van der Waals surface area contributed by atoms with Crippen LogP contribution in [0.5, 0.6) is 0 Å². The van der Waals surface area contributed by atoms with Crippen molar-refractivity contribution in [3.63, 3.8) is 0 Å². The van der Waals surface area contributed by atoms with E-state index >= 15 is 0 Å². The molecule has 0 heterocycles. The SMILES string of the molecule is C=COCC1CCC1(C)C. The lowest BCUT2D eigenvalue weighted by molar-refractivity contribution is 0.0147. The van der Waals surface area contributed by atoms with Crippen molar-refractivity contribution in [1.82, 2.24) is 0 Å². The van der Waals surface area contributed by atoms with Gasteiger partial charge in [-0.15, -0.1) is 0 Å². The van der Waals surface area contributed by atoms with Gasteiger partial charge in [-0.05, 0) is 24.2 Å². The summed E-state index contributed by atoms with van der Waals surface area (Å²) in [7, 11) is 0. The molecular weight excluding hydrogens is 124 g/mol. The van der Waals surface area contributed by atoms with Gasteiger partial charge in [-0.3, -0.25) is 0 Å². The molecule has 1 fully saturated rings. The normalized spacial score (nSPS) is 28.8. The standard InChI is InChI=1S/C9H16O/c1-4-10-7-8-5-6-9(8,2)3/h4,8H,1,5-7H2,2-3H3. The van der Waals surface area contributed by atoms with Gasteiger partial charge < -0.3 is 4.74 Å². The molecule has 0 spiro atoms. The third kappa shape index (κ3) is 1.34. The van der Waals surface area contributed by atoms with E-state index in [1.807, 2.05) is 0 Å². The van der Waals surface area contributed by atoms with Crippen molar-refractivity contribution < 1.29 is 4.74 Å². The highest BCUT2D eigenvalue weighted by Gasteiger charge is 2.38. The molecule has 0 N–H and O–H groups in total. The number of hydrogen-bond donors (Lipinski definition) is 0. The molecule has 0 radical (unpaired) electrons. The Morgan fingerprint density at radius 2 is 2.40 bits per heavy atom. The summed E-state index contributed by atoms with van der Waals surface area (Å²) in [5.41, 5.74) is 0.517. The Morgan fingerprint density at radius 3 is 2.70 bits per heavy atom. The molecule has 1 nitrogen and oxygen atoms in total. The van der Waals surface area contributed by atoms with Crippen molar-refractivity contribution in [1.29, 1.82) is 0 Å². The fraction of sp³-hybridized carbons (Fsp3) is 0.778. The van der Waals surface area contributed by atoms with Crippen LogP contribution >= 0.6 is 0 Å². The Balaban J connectivity index is 2.23. The van der Waals surface area contributed by atoms with E-state index in [1.54, 1.807) is 0 Å². The summed E-state index contributed by atoms with van der Waals surface area (Å²) in [6.45, 7) is 8.97. The summed E-state index contributed by atoms with van der Waals surface area (Å²) in [6, 6.07) is 0. The first-order valence-corrected chi connectivity index (χ1v) is 3.89. The Morgan fingerprint density at radius 1 is 1.70 bits per heavy atom. The van der Waals surface area contributed by atoms with Crippen molar-refractivity contribution >= 4 is 0 Å². The number of hydrogen-bond acceptors (Lipinski definition) is 1. The van der Waals surface area contributed by atoms with Crippen LogP contribution < -0.4 is 0 Å². The van der Waals surface area contributed by atoms with E-state index < -0.39 is 0 Å². The third-order valence-electron chi connectivity index (χ3n) is 2.66. The molecular formula is C9H16O. The van der Waals surface area contributed by atoms with Gasteiger partial charge in [-0.25, -0.2) is 0 Å². The highest BCUT2D eigenvalue weighted by atomic mass is 16.5. The first-order chi connectivity index (χ1) is 4.67. The fourth-order valence-electron chi connectivity index (χ4n) is 1.42. The van der Waals surface area contributed by atoms with Crippen LogP contribution in [0.25, 0.3) is 0 Å². The first kappa shape index (κ1) is 7.64. The molecule has 10 heavy (non-hydrogen) atoms. The second-order valence-electron chi connectivity index (χ2n) is 3.72. The van der Waals surface area contributed by atoms with E-state index in [9.17, 15) is 0 Å². The zero-order chi connectivity index (χ0) is 7.61. The molecule has 1 aliphatic rings. The van der Waals surface area contributed by atoms with Crippen molar-refractivity contribution in [2.45, 2.75) is 26.7 Å². The lowest BCUT2D eigenvalue weighted by atomic mass is 9.63. The molecule has 0 aromatic heterocycles. The Labute approximate surface area is 63.1 Å². The van der Waals surface area contributed by atoms with Crippen LogP contribution in [0.3, 0.4) is 0 Å². The predicted molar refractivity (Wildman–Crippen MR) is 42.7 cm³/mol. The maximum absolute atomic E-state index is 5.14. The minimum atomic E-state index is 0.517. The van der Waals surface area contributed by atoms with Gasteiger partial charge in [-0.1, -0.05) is 20.4 Å². The van der Waals surface area contributed by atoms with Crippen molar-refractivity contribution in [3.8, 4) is 0 Å². The van der Waals surface area contributed by atoms with Crippen LogP contribution in [-0.2, 0) is 4.74 Å². The second kappa shape index (κ2) is 2.65. The van der Waals surface area contributed by atoms with Crippen LogP contribution in [0.1, 0.15) is 26.7 Å². The molecule has 1 heteroatoms. The zero-order valence-corrected chi connectivity index (χ0v) is 6.89. The molecule has 1 atom stereocenters. The summed E-state index contributed by atoms with van der Waals surface area (Å²) < 4.78 is 5.14. The third-order valence-corrected chi connectivity index (χ3v) is 2.66. The van der Waals surface area contributed by atoms with Gasteiger partial charge in [-0.2, -0.15) is 0 Å². The smallest absolute Gasteiger partial charge is 0.0906 e. The topological polar surface area (TPSA) is 9.23 Å². The van der Waals surface area contributed by atoms with Crippen molar-refractivity contribution in [3.05, 3.63) is 12.8 Å². The predicted octanol–water partition coefficient (Wildman–Crippen LogP) is 2.58. The molecule has 0 saturated heterocycles. The van der Waals surface area contributed by atoms with E-state index in [0.717, 1.165) is 12.5 Å². The first-order valence-electron chi connectivity index (χ1n) is 3.89. The lowest BCUT2D eigenvalue weighted by Gasteiger charge is -2.43. The molecule has 0 bridgehead atoms. The second-order valence-corrected chi connectivity index (χ2v) is 3.72. The molecule has 1 aliphatic carbocycles. The summed E-state index contributed by atoms with van der Waals surface area (Å²) in [4.78, 5) is 0. The zero-order valence-electron chi connectivity index (χ0n) is 6.89. The van der Waals surface area contributed by atoms with Crippen LogP contribution in [-0.4, -0.2) is 6.61 Å². The average Bonchev–Trinajstić information content (AvgIpc) is 1.87. The molecule has 0 aromatic rings.